The zero-order chi connectivity index (χ0) is 8.16. The van der Waals surface area contributed by atoms with E-state index in [9.17, 15) is 0 Å². The predicted octanol–water partition coefficient (Wildman–Crippen LogP) is 0.986. The average molecular weight is 156 g/mol. The molecule has 0 unspecified atom stereocenters. The summed E-state index contributed by atoms with van der Waals surface area (Å²) in [4.78, 5) is 0. The van der Waals surface area contributed by atoms with Gasteiger partial charge in [-0.05, 0) is 31.3 Å². The van der Waals surface area contributed by atoms with Crippen LogP contribution in [0.4, 0.5) is 0 Å². The van der Waals surface area contributed by atoms with Crippen LogP contribution in [-0.2, 0) is 0 Å². The fourth-order valence-corrected chi connectivity index (χ4v) is 1.61. The van der Waals surface area contributed by atoms with Crippen LogP contribution in [0.2, 0.25) is 0 Å². The van der Waals surface area contributed by atoms with Crippen molar-refractivity contribution < 1.29 is 0 Å². The monoisotopic (exact) mass is 156 g/mol. The Bertz CT molecular complexity index is 103. The van der Waals surface area contributed by atoms with Crippen LogP contribution < -0.4 is 10.6 Å². The smallest absolute Gasteiger partial charge is 0.00206 e. The molecule has 1 saturated heterocycles. The van der Waals surface area contributed by atoms with Crippen molar-refractivity contribution in [2.45, 2.75) is 26.7 Å². The third kappa shape index (κ3) is 2.17. The van der Waals surface area contributed by atoms with Crippen LogP contribution in [0.1, 0.15) is 26.7 Å². The van der Waals surface area contributed by atoms with Gasteiger partial charge >= 0.3 is 0 Å². The maximum Gasteiger partial charge on any atom is 0.00206 e. The lowest BCUT2D eigenvalue weighted by Gasteiger charge is -2.42. The summed E-state index contributed by atoms with van der Waals surface area (Å²) >= 11 is 0. The highest BCUT2D eigenvalue weighted by molar-refractivity contribution is 4.91. The van der Waals surface area contributed by atoms with Crippen LogP contribution in [0, 0.1) is 5.41 Å². The third-order valence-electron chi connectivity index (χ3n) is 2.83. The first-order valence-corrected chi connectivity index (χ1v) is 4.74. The van der Waals surface area contributed by atoms with Crippen LogP contribution in [0.5, 0.6) is 0 Å². The maximum absolute atomic E-state index is 3.38. The molecule has 1 aliphatic rings. The molecular weight excluding hydrogens is 136 g/mol. The van der Waals surface area contributed by atoms with E-state index >= 15 is 0 Å². The highest BCUT2D eigenvalue weighted by Gasteiger charge is 2.33. The van der Waals surface area contributed by atoms with Crippen LogP contribution in [0.15, 0.2) is 0 Å². The van der Waals surface area contributed by atoms with E-state index in [1.807, 2.05) is 0 Å². The van der Waals surface area contributed by atoms with Crippen molar-refractivity contribution in [3.63, 3.8) is 0 Å². The fourth-order valence-electron chi connectivity index (χ4n) is 1.61. The molecule has 0 amide bonds. The fraction of sp³-hybridized carbons (Fsp3) is 1.00. The predicted molar refractivity (Wildman–Crippen MR) is 48.8 cm³/mol. The molecule has 0 radical (unpaired) electrons. The van der Waals surface area contributed by atoms with Crippen LogP contribution >= 0.6 is 0 Å². The Kier molecular flexibility index (Phi) is 3.34. The summed E-state index contributed by atoms with van der Waals surface area (Å²) in [6.07, 6.45) is 2.66. The van der Waals surface area contributed by atoms with Gasteiger partial charge in [-0.3, -0.25) is 0 Å². The molecule has 66 valence electrons. The van der Waals surface area contributed by atoms with Crippen molar-refractivity contribution in [3.8, 4) is 0 Å². The van der Waals surface area contributed by atoms with Gasteiger partial charge in [-0.25, -0.2) is 0 Å². The topological polar surface area (TPSA) is 24.1 Å². The molecular formula is C9H20N2. The Morgan fingerprint density at radius 2 is 2.09 bits per heavy atom. The minimum absolute atomic E-state index is 0.641. The van der Waals surface area contributed by atoms with E-state index < -0.39 is 0 Å². The molecule has 11 heavy (non-hydrogen) atoms. The van der Waals surface area contributed by atoms with Crippen molar-refractivity contribution in [1.29, 1.82) is 0 Å². The van der Waals surface area contributed by atoms with Gasteiger partial charge < -0.3 is 10.6 Å². The lowest BCUT2D eigenvalue weighted by molar-refractivity contribution is 0.145. The third-order valence-corrected chi connectivity index (χ3v) is 2.83. The minimum atomic E-state index is 0.641. The Hall–Kier alpha value is -0.0800. The summed E-state index contributed by atoms with van der Waals surface area (Å²) in [5.41, 5.74) is 0.641. The van der Waals surface area contributed by atoms with E-state index in [0.717, 1.165) is 6.54 Å². The second-order valence-electron chi connectivity index (χ2n) is 3.56. The first-order chi connectivity index (χ1) is 5.33. The molecule has 2 N–H and O–H groups in total. The second kappa shape index (κ2) is 4.07. The van der Waals surface area contributed by atoms with Crippen molar-refractivity contribution >= 4 is 0 Å². The van der Waals surface area contributed by atoms with Crippen LogP contribution in [0.25, 0.3) is 0 Å². The normalized spacial score (nSPS) is 21.3. The van der Waals surface area contributed by atoms with Crippen molar-refractivity contribution in [3.05, 3.63) is 0 Å². The molecule has 0 spiro atoms. The highest BCUT2D eigenvalue weighted by atomic mass is 15.0. The molecule has 0 saturated carbocycles. The summed E-state index contributed by atoms with van der Waals surface area (Å²) < 4.78 is 0. The summed E-state index contributed by atoms with van der Waals surface area (Å²) in [6.45, 7) is 9.22. The lowest BCUT2D eigenvalue weighted by atomic mass is 9.76. The van der Waals surface area contributed by atoms with Crippen LogP contribution in [0.3, 0.4) is 0 Å². The molecule has 1 aliphatic heterocycles. The Morgan fingerprint density at radius 3 is 2.45 bits per heavy atom. The van der Waals surface area contributed by atoms with Crippen LogP contribution in [-0.4, -0.2) is 26.2 Å². The van der Waals surface area contributed by atoms with Crippen molar-refractivity contribution in [1.82, 2.24) is 10.6 Å². The van der Waals surface area contributed by atoms with Gasteiger partial charge in [0.05, 0.1) is 0 Å². The standard InChI is InChI=1S/C9H20N2/c1-3-9(7-11-8-9)5-6-10-4-2/h10-11H,3-8H2,1-2H3. The zero-order valence-electron chi connectivity index (χ0n) is 7.74. The number of nitrogens with one attached hydrogen (secondary N) is 2. The summed E-state index contributed by atoms with van der Waals surface area (Å²) in [7, 11) is 0. The summed E-state index contributed by atoms with van der Waals surface area (Å²) in [5, 5.41) is 6.73. The van der Waals surface area contributed by atoms with Crippen molar-refractivity contribution in [2.24, 2.45) is 5.41 Å². The first kappa shape index (κ1) is 9.01. The lowest BCUT2D eigenvalue weighted by Crippen LogP contribution is -2.54. The van der Waals surface area contributed by atoms with E-state index in [2.05, 4.69) is 24.5 Å². The first-order valence-electron chi connectivity index (χ1n) is 4.74. The molecule has 1 fully saturated rings. The summed E-state index contributed by atoms with van der Waals surface area (Å²) in [5.74, 6) is 0. The van der Waals surface area contributed by atoms with Gasteiger partial charge in [-0.2, -0.15) is 0 Å². The van der Waals surface area contributed by atoms with E-state index in [-0.39, 0.29) is 0 Å². The zero-order valence-corrected chi connectivity index (χ0v) is 7.74. The van der Waals surface area contributed by atoms with E-state index in [1.165, 1.54) is 32.5 Å². The molecule has 0 aromatic rings. The number of hydrogen-bond donors (Lipinski definition) is 2. The van der Waals surface area contributed by atoms with Crippen molar-refractivity contribution in [2.75, 3.05) is 26.2 Å². The molecule has 0 atom stereocenters. The van der Waals surface area contributed by atoms with E-state index in [0.29, 0.717) is 5.41 Å². The van der Waals surface area contributed by atoms with Gasteiger partial charge in [-0.1, -0.05) is 13.8 Å². The molecule has 0 aliphatic carbocycles. The maximum atomic E-state index is 3.38. The van der Waals surface area contributed by atoms with Gasteiger partial charge in [0, 0.05) is 13.1 Å². The van der Waals surface area contributed by atoms with Gasteiger partial charge in [0.15, 0.2) is 0 Å². The second-order valence-corrected chi connectivity index (χ2v) is 3.56. The molecule has 0 aromatic heterocycles. The van der Waals surface area contributed by atoms with E-state index in [4.69, 9.17) is 0 Å². The average Bonchev–Trinajstić information content (AvgIpc) is 1.95. The van der Waals surface area contributed by atoms with Gasteiger partial charge in [-0.15, -0.1) is 0 Å². The highest BCUT2D eigenvalue weighted by Crippen LogP contribution is 2.29. The molecule has 0 aromatic carbocycles. The molecule has 1 rings (SSSR count). The van der Waals surface area contributed by atoms with Gasteiger partial charge in [0.1, 0.15) is 0 Å². The molecule has 2 nitrogen and oxygen atoms in total. The number of rotatable bonds is 5. The quantitative estimate of drug-likeness (QED) is 0.580. The Labute approximate surface area is 69.8 Å². The Balaban J connectivity index is 2.11. The minimum Gasteiger partial charge on any atom is -0.317 e. The van der Waals surface area contributed by atoms with E-state index in [1.54, 1.807) is 0 Å². The Morgan fingerprint density at radius 1 is 1.36 bits per heavy atom. The molecule has 2 heteroatoms. The largest absolute Gasteiger partial charge is 0.317 e. The summed E-state index contributed by atoms with van der Waals surface area (Å²) in [6, 6.07) is 0. The van der Waals surface area contributed by atoms with Gasteiger partial charge in [0.25, 0.3) is 0 Å². The molecule has 0 bridgehead atoms. The SMILES string of the molecule is CCNCCC1(CC)CNC1. The number of hydrogen-bond acceptors (Lipinski definition) is 2. The molecule has 1 heterocycles. The van der Waals surface area contributed by atoms with Gasteiger partial charge in [0.2, 0.25) is 0 Å².